The summed E-state index contributed by atoms with van der Waals surface area (Å²) < 4.78 is 0. The average molecular weight is 193 g/mol. The lowest BCUT2D eigenvalue weighted by Crippen LogP contribution is -2.30. The Morgan fingerprint density at radius 2 is 1.92 bits per heavy atom. The van der Waals surface area contributed by atoms with Crippen molar-refractivity contribution in [2.45, 2.75) is 38.6 Å². The Bertz CT molecular complexity index is 103. The van der Waals surface area contributed by atoms with E-state index in [1.54, 1.807) is 0 Å². The summed E-state index contributed by atoms with van der Waals surface area (Å²) in [6.45, 7) is 5.79. The van der Waals surface area contributed by atoms with Crippen LogP contribution in [0.2, 0.25) is 0 Å². The summed E-state index contributed by atoms with van der Waals surface area (Å²) in [6, 6.07) is 0.765. The first-order valence-corrected chi connectivity index (χ1v) is 4.78. The van der Waals surface area contributed by atoms with Crippen LogP contribution in [0.25, 0.3) is 0 Å². The molecule has 1 heterocycles. The Morgan fingerprint density at radius 3 is 2.42 bits per heavy atom. The molecule has 0 aliphatic carbocycles. The third-order valence-corrected chi connectivity index (χ3v) is 2.59. The average Bonchev–Trinajstić information content (AvgIpc) is 2.52. The highest BCUT2D eigenvalue weighted by molar-refractivity contribution is 5.85. The Morgan fingerprint density at radius 1 is 1.33 bits per heavy atom. The van der Waals surface area contributed by atoms with Crippen LogP contribution in [0.1, 0.15) is 32.6 Å². The molecule has 0 saturated carbocycles. The molecule has 74 valence electrons. The van der Waals surface area contributed by atoms with Gasteiger partial charge in [-0.05, 0) is 52.2 Å². The fourth-order valence-corrected chi connectivity index (χ4v) is 1.78. The van der Waals surface area contributed by atoms with Crippen LogP contribution in [0, 0.1) is 0 Å². The molecule has 1 unspecified atom stereocenters. The van der Waals surface area contributed by atoms with Crippen LogP contribution >= 0.6 is 12.4 Å². The highest BCUT2D eigenvalue weighted by Crippen LogP contribution is 2.14. The Balaban J connectivity index is 0.00000121. The summed E-state index contributed by atoms with van der Waals surface area (Å²) in [6.07, 6.45) is 5.24. The lowest BCUT2D eigenvalue weighted by Gasteiger charge is -2.23. The summed E-state index contributed by atoms with van der Waals surface area (Å²) in [4.78, 5) is 2.58. The van der Waals surface area contributed by atoms with Gasteiger partial charge in [-0.1, -0.05) is 0 Å². The van der Waals surface area contributed by atoms with Gasteiger partial charge in [0.05, 0.1) is 0 Å². The number of nitrogens with zero attached hydrogens (tertiary/aromatic N) is 1. The molecular formula is C9H21ClN2. The molecule has 1 aliphatic rings. The third kappa shape index (κ3) is 3.74. The maximum Gasteiger partial charge on any atom is 0.00673 e. The monoisotopic (exact) mass is 192 g/mol. The second kappa shape index (κ2) is 6.70. The van der Waals surface area contributed by atoms with Crippen LogP contribution in [-0.4, -0.2) is 30.6 Å². The van der Waals surface area contributed by atoms with Crippen LogP contribution < -0.4 is 5.73 Å². The predicted octanol–water partition coefficient (Wildman–Crippen LogP) is 1.63. The smallest absolute Gasteiger partial charge is 0.00673 e. The fraction of sp³-hybridized carbons (Fsp3) is 1.00. The Labute approximate surface area is 81.9 Å². The van der Waals surface area contributed by atoms with E-state index in [0.29, 0.717) is 0 Å². The van der Waals surface area contributed by atoms with E-state index in [4.69, 9.17) is 5.73 Å². The zero-order valence-corrected chi connectivity index (χ0v) is 8.78. The van der Waals surface area contributed by atoms with E-state index in [9.17, 15) is 0 Å². The molecule has 2 N–H and O–H groups in total. The second-order valence-electron chi connectivity index (χ2n) is 3.52. The number of rotatable bonds is 4. The summed E-state index contributed by atoms with van der Waals surface area (Å²) in [7, 11) is 0. The molecule has 1 saturated heterocycles. The van der Waals surface area contributed by atoms with E-state index in [2.05, 4.69) is 11.8 Å². The summed E-state index contributed by atoms with van der Waals surface area (Å²) in [5, 5.41) is 0. The van der Waals surface area contributed by atoms with E-state index >= 15 is 0 Å². The van der Waals surface area contributed by atoms with E-state index < -0.39 is 0 Å². The third-order valence-electron chi connectivity index (χ3n) is 2.59. The van der Waals surface area contributed by atoms with Crippen LogP contribution in [0.5, 0.6) is 0 Å². The molecule has 0 bridgehead atoms. The van der Waals surface area contributed by atoms with Crippen molar-refractivity contribution in [3.8, 4) is 0 Å². The Hall–Kier alpha value is 0.210. The van der Waals surface area contributed by atoms with Gasteiger partial charge in [0.15, 0.2) is 0 Å². The zero-order valence-electron chi connectivity index (χ0n) is 7.96. The predicted molar refractivity (Wildman–Crippen MR) is 55.8 cm³/mol. The second-order valence-corrected chi connectivity index (χ2v) is 3.52. The minimum absolute atomic E-state index is 0. The summed E-state index contributed by atoms with van der Waals surface area (Å²) >= 11 is 0. The van der Waals surface area contributed by atoms with Gasteiger partial charge >= 0.3 is 0 Å². The zero-order chi connectivity index (χ0) is 8.10. The van der Waals surface area contributed by atoms with E-state index in [1.165, 1.54) is 38.8 Å². The molecule has 0 aromatic carbocycles. The number of hydrogen-bond donors (Lipinski definition) is 1. The van der Waals surface area contributed by atoms with Crippen LogP contribution in [-0.2, 0) is 0 Å². The Kier molecular flexibility index (Phi) is 6.81. The molecule has 3 heteroatoms. The van der Waals surface area contributed by atoms with Gasteiger partial charge in [-0.3, -0.25) is 0 Å². The molecule has 1 atom stereocenters. The first kappa shape index (κ1) is 12.2. The molecule has 1 fully saturated rings. The SMILES string of the molecule is CC(CCCN)N1CCCC1.Cl. The minimum atomic E-state index is 0. The quantitative estimate of drug-likeness (QED) is 0.734. The van der Waals surface area contributed by atoms with Gasteiger partial charge < -0.3 is 10.6 Å². The van der Waals surface area contributed by atoms with Crippen molar-refractivity contribution < 1.29 is 0 Å². The number of halogens is 1. The first-order chi connectivity index (χ1) is 5.34. The van der Waals surface area contributed by atoms with Gasteiger partial charge in [-0.2, -0.15) is 0 Å². The standard InChI is InChI=1S/C9H20N2.ClH/c1-9(5-4-6-10)11-7-2-3-8-11;/h9H,2-8,10H2,1H3;1H. The van der Waals surface area contributed by atoms with Crippen molar-refractivity contribution in [3.05, 3.63) is 0 Å². The number of likely N-dealkylation sites (tertiary alicyclic amines) is 1. The maximum atomic E-state index is 5.46. The molecular weight excluding hydrogens is 172 g/mol. The first-order valence-electron chi connectivity index (χ1n) is 4.78. The van der Waals surface area contributed by atoms with E-state index in [1.807, 2.05) is 0 Å². The van der Waals surface area contributed by atoms with Crippen LogP contribution in [0.4, 0.5) is 0 Å². The molecule has 2 nitrogen and oxygen atoms in total. The van der Waals surface area contributed by atoms with Gasteiger partial charge in [-0.25, -0.2) is 0 Å². The van der Waals surface area contributed by atoms with Gasteiger partial charge in [0.25, 0.3) is 0 Å². The summed E-state index contributed by atoms with van der Waals surface area (Å²) in [5.41, 5.74) is 5.46. The number of hydrogen-bond acceptors (Lipinski definition) is 2. The highest BCUT2D eigenvalue weighted by Gasteiger charge is 2.16. The van der Waals surface area contributed by atoms with E-state index in [-0.39, 0.29) is 12.4 Å². The van der Waals surface area contributed by atoms with Crippen molar-refractivity contribution in [2.24, 2.45) is 5.73 Å². The van der Waals surface area contributed by atoms with Crippen molar-refractivity contribution >= 4 is 12.4 Å². The fourth-order valence-electron chi connectivity index (χ4n) is 1.78. The van der Waals surface area contributed by atoms with E-state index in [0.717, 1.165) is 12.6 Å². The van der Waals surface area contributed by atoms with Crippen LogP contribution in [0.15, 0.2) is 0 Å². The lowest BCUT2D eigenvalue weighted by molar-refractivity contribution is 0.244. The molecule has 1 aliphatic heterocycles. The molecule has 0 amide bonds. The van der Waals surface area contributed by atoms with Gasteiger partial charge in [0.2, 0.25) is 0 Å². The van der Waals surface area contributed by atoms with Gasteiger partial charge in [0, 0.05) is 6.04 Å². The van der Waals surface area contributed by atoms with Crippen LogP contribution in [0.3, 0.4) is 0 Å². The largest absolute Gasteiger partial charge is 0.330 e. The molecule has 12 heavy (non-hydrogen) atoms. The number of nitrogens with two attached hydrogens (primary N) is 1. The van der Waals surface area contributed by atoms with Crippen molar-refractivity contribution in [1.29, 1.82) is 0 Å². The van der Waals surface area contributed by atoms with Crippen molar-refractivity contribution in [1.82, 2.24) is 4.90 Å². The summed E-state index contributed by atoms with van der Waals surface area (Å²) in [5.74, 6) is 0. The maximum absolute atomic E-state index is 5.46. The molecule has 0 spiro atoms. The molecule has 1 rings (SSSR count). The van der Waals surface area contributed by atoms with Gasteiger partial charge in [0.1, 0.15) is 0 Å². The molecule has 0 aromatic heterocycles. The topological polar surface area (TPSA) is 29.3 Å². The van der Waals surface area contributed by atoms with Crippen molar-refractivity contribution in [2.75, 3.05) is 19.6 Å². The minimum Gasteiger partial charge on any atom is -0.330 e. The lowest BCUT2D eigenvalue weighted by atomic mass is 10.1. The molecule has 0 aromatic rings. The van der Waals surface area contributed by atoms with Crippen molar-refractivity contribution in [3.63, 3.8) is 0 Å². The molecule has 0 radical (unpaired) electrons. The normalized spacial score (nSPS) is 20.5. The van der Waals surface area contributed by atoms with Gasteiger partial charge in [-0.15, -0.1) is 12.4 Å². The highest BCUT2D eigenvalue weighted by atomic mass is 35.5.